The van der Waals surface area contributed by atoms with Gasteiger partial charge in [0.25, 0.3) is 0 Å². The predicted octanol–water partition coefficient (Wildman–Crippen LogP) is 5.25. The molecule has 228 valence electrons. The number of hydrogen-bond donors (Lipinski definition) is 1. The smallest absolute Gasteiger partial charge is 0.244 e. The van der Waals surface area contributed by atoms with E-state index in [4.69, 9.17) is 0 Å². The summed E-state index contributed by atoms with van der Waals surface area (Å²) in [6.45, 7) is 5.28. The van der Waals surface area contributed by atoms with Crippen LogP contribution in [0.2, 0.25) is 0 Å². The molecule has 0 aromatic heterocycles. The number of carbonyl (C=O) groups excluding carboxylic acids is 2. The van der Waals surface area contributed by atoms with Gasteiger partial charge < -0.3 is 10.2 Å². The van der Waals surface area contributed by atoms with Crippen LogP contribution in [0.4, 0.5) is 10.1 Å². The minimum atomic E-state index is -3.84. The van der Waals surface area contributed by atoms with Gasteiger partial charge in [0, 0.05) is 18.7 Å². The SMILES string of the molecule is CC(C)CNC(=O)[C@@H](C)N(Cc1ccccc1F)C(=O)CN(c1ccc(C23CC4CC(CC(C4)C2)C3)cc1)S(C)(=O)=O. The number of benzene rings is 2. The maximum absolute atomic E-state index is 14.6. The largest absolute Gasteiger partial charge is 0.354 e. The van der Waals surface area contributed by atoms with Crippen molar-refractivity contribution in [3.05, 3.63) is 65.5 Å². The van der Waals surface area contributed by atoms with Crippen molar-refractivity contribution in [2.75, 3.05) is 23.7 Å². The predicted molar refractivity (Wildman–Crippen MR) is 163 cm³/mol. The first kappa shape index (κ1) is 30.5. The van der Waals surface area contributed by atoms with Gasteiger partial charge in [-0.25, -0.2) is 12.8 Å². The van der Waals surface area contributed by atoms with Crippen molar-refractivity contribution in [1.82, 2.24) is 10.2 Å². The first-order valence-corrected chi connectivity index (χ1v) is 17.1. The number of rotatable bonds is 11. The van der Waals surface area contributed by atoms with Crippen molar-refractivity contribution in [3.8, 4) is 0 Å². The summed E-state index contributed by atoms with van der Waals surface area (Å²) in [6, 6.07) is 12.9. The van der Waals surface area contributed by atoms with Crippen LogP contribution in [-0.4, -0.2) is 50.5 Å². The molecule has 42 heavy (non-hydrogen) atoms. The highest BCUT2D eigenvalue weighted by molar-refractivity contribution is 7.92. The monoisotopic (exact) mass is 597 g/mol. The fourth-order valence-corrected chi connectivity index (χ4v) is 8.75. The maximum atomic E-state index is 14.6. The van der Waals surface area contributed by atoms with E-state index in [1.165, 1.54) is 55.1 Å². The van der Waals surface area contributed by atoms with Gasteiger partial charge >= 0.3 is 0 Å². The van der Waals surface area contributed by atoms with E-state index in [2.05, 4.69) is 5.32 Å². The molecular formula is C33H44FN3O4S. The molecule has 9 heteroatoms. The van der Waals surface area contributed by atoms with E-state index in [-0.39, 0.29) is 29.3 Å². The first-order valence-electron chi connectivity index (χ1n) is 15.2. The van der Waals surface area contributed by atoms with Crippen molar-refractivity contribution in [2.24, 2.45) is 23.7 Å². The van der Waals surface area contributed by atoms with Gasteiger partial charge in [-0.05, 0) is 98.3 Å². The van der Waals surface area contributed by atoms with Crippen LogP contribution in [-0.2, 0) is 31.6 Å². The Morgan fingerprint density at radius 1 is 0.952 bits per heavy atom. The van der Waals surface area contributed by atoms with Gasteiger partial charge in [0.2, 0.25) is 21.8 Å². The van der Waals surface area contributed by atoms with Crippen molar-refractivity contribution in [2.45, 2.75) is 77.3 Å². The third-order valence-electron chi connectivity index (χ3n) is 9.64. The highest BCUT2D eigenvalue weighted by Gasteiger charge is 2.51. The molecule has 4 fully saturated rings. The fraction of sp³-hybridized carbons (Fsp3) is 0.576. The standard InChI is InChI=1S/C33H44FN3O4S/c1-22(2)19-35-32(39)23(3)36(20-27-7-5-6-8-30(27)34)31(38)21-37(42(4,40)41)29-11-9-28(10-12-29)33-16-24-13-25(17-33)15-26(14-24)18-33/h5-12,22-26H,13-21H2,1-4H3,(H,35,39)/t23-,24?,25?,26?,33?/m1/s1. The van der Waals surface area contributed by atoms with Crippen LogP contribution < -0.4 is 9.62 Å². The van der Waals surface area contributed by atoms with Gasteiger partial charge in [-0.1, -0.05) is 44.2 Å². The number of hydrogen-bond acceptors (Lipinski definition) is 4. The Balaban J connectivity index is 1.38. The number of nitrogens with one attached hydrogen (secondary N) is 1. The minimum Gasteiger partial charge on any atom is -0.354 e. The fourth-order valence-electron chi connectivity index (χ4n) is 7.90. The number of sulfonamides is 1. The van der Waals surface area contributed by atoms with E-state index < -0.39 is 34.3 Å². The molecule has 4 aliphatic carbocycles. The van der Waals surface area contributed by atoms with Crippen molar-refractivity contribution in [1.29, 1.82) is 0 Å². The average Bonchev–Trinajstić information content (AvgIpc) is 2.92. The molecule has 0 radical (unpaired) electrons. The molecule has 2 aromatic carbocycles. The summed E-state index contributed by atoms with van der Waals surface area (Å²) in [4.78, 5) is 28.0. The quantitative estimate of drug-likeness (QED) is 0.384. The van der Waals surface area contributed by atoms with Gasteiger partial charge in [-0.2, -0.15) is 0 Å². The van der Waals surface area contributed by atoms with E-state index in [1.54, 1.807) is 25.1 Å². The van der Waals surface area contributed by atoms with Crippen LogP contribution in [0.25, 0.3) is 0 Å². The topological polar surface area (TPSA) is 86.8 Å². The lowest BCUT2D eigenvalue weighted by Crippen LogP contribution is -2.51. The van der Waals surface area contributed by atoms with Gasteiger partial charge in [0.05, 0.1) is 11.9 Å². The normalized spacial score (nSPS) is 25.3. The van der Waals surface area contributed by atoms with E-state index in [9.17, 15) is 22.4 Å². The molecule has 4 saturated carbocycles. The van der Waals surface area contributed by atoms with Crippen molar-refractivity contribution in [3.63, 3.8) is 0 Å². The molecular weight excluding hydrogens is 553 g/mol. The summed E-state index contributed by atoms with van der Waals surface area (Å²) in [5.74, 6) is 1.13. The van der Waals surface area contributed by atoms with Crippen LogP contribution in [0.5, 0.6) is 0 Å². The Bertz CT molecular complexity index is 1370. The third-order valence-corrected chi connectivity index (χ3v) is 10.8. The second-order valence-corrected chi connectivity index (χ2v) is 15.3. The highest BCUT2D eigenvalue weighted by Crippen LogP contribution is 2.60. The summed E-state index contributed by atoms with van der Waals surface area (Å²) >= 11 is 0. The Labute approximate surface area is 249 Å². The van der Waals surface area contributed by atoms with Crippen LogP contribution in [0, 0.1) is 29.5 Å². The molecule has 1 N–H and O–H groups in total. The first-order chi connectivity index (χ1) is 19.8. The van der Waals surface area contributed by atoms with Crippen LogP contribution >= 0.6 is 0 Å². The minimum absolute atomic E-state index is 0.162. The molecule has 4 bridgehead atoms. The van der Waals surface area contributed by atoms with Crippen LogP contribution in [0.15, 0.2) is 48.5 Å². The maximum Gasteiger partial charge on any atom is 0.244 e. The van der Waals surface area contributed by atoms with E-state index >= 15 is 0 Å². The Morgan fingerprint density at radius 2 is 1.52 bits per heavy atom. The molecule has 4 aliphatic rings. The summed E-state index contributed by atoms with van der Waals surface area (Å²) in [5, 5.41) is 2.83. The number of amides is 2. The lowest BCUT2D eigenvalue weighted by Gasteiger charge is -2.57. The van der Waals surface area contributed by atoms with Crippen molar-refractivity contribution >= 4 is 27.5 Å². The van der Waals surface area contributed by atoms with Crippen LogP contribution in [0.1, 0.15) is 70.4 Å². The summed E-state index contributed by atoms with van der Waals surface area (Å²) in [6.07, 6.45) is 8.72. The zero-order valence-corrected chi connectivity index (χ0v) is 26.0. The van der Waals surface area contributed by atoms with Crippen molar-refractivity contribution < 1.29 is 22.4 Å². The Kier molecular flexibility index (Phi) is 8.70. The van der Waals surface area contributed by atoms with E-state index in [0.29, 0.717) is 12.2 Å². The van der Waals surface area contributed by atoms with E-state index in [0.717, 1.165) is 28.3 Å². The molecule has 0 aliphatic heterocycles. The summed E-state index contributed by atoms with van der Waals surface area (Å²) in [5.41, 5.74) is 2.10. The van der Waals surface area contributed by atoms with Gasteiger partial charge in [-0.15, -0.1) is 0 Å². The average molecular weight is 598 g/mol. The number of carbonyl (C=O) groups is 2. The second kappa shape index (κ2) is 12.0. The van der Waals surface area contributed by atoms with Crippen LogP contribution in [0.3, 0.4) is 0 Å². The Hall–Kier alpha value is -2.94. The molecule has 2 amide bonds. The van der Waals surface area contributed by atoms with Gasteiger partial charge in [0.1, 0.15) is 18.4 Å². The number of nitrogens with zero attached hydrogens (tertiary/aromatic N) is 2. The molecule has 0 spiro atoms. The molecule has 1 atom stereocenters. The molecule has 2 aromatic rings. The zero-order chi connectivity index (χ0) is 30.2. The molecule has 6 rings (SSSR count). The molecule has 7 nitrogen and oxygen atoms in total. The summed E-state index contributed by atoms with van der Waals surface area (Å²) in [7, 11) is -3.84. The lowest BCUT2D eigenvalue weighted by atomic mass is 9.48. The zero-order valence-electron chi connectivity index (χ0n) is 25.2. The lowest BCUT2D eigenvalue weighted by molar-refractivity contribution is -0.139. The third kappa shape index (κ3) is 6.51. The Morgan fingerprint density at radius 3 is 2.05 bits per heavy atom. The highest BCUT2D eigenvalue weighted by atomic mass is 32.2. The second-order valence-electron chi connectivity index (χ2n) is 13.4. The molecule has 0 heterocycles. The molecule has 0 unspecified atom stereocenters. The van der Waals surface area contributed by atoms with Gasteiger partial charge in [0.15, 0.2) is 0 Å². The number of anilines is 1. The number of halogens is 1. The van der Waals surface area contributed by atoms with E-state index in [1.807, 2.05) is 38.1 Å². The van der Waals surface area contributed by atoms with Gasteiger partial charge in [-0.3, -0.25) is 13.9 Å². The molecule has 0 saturated heterocycles. The summed E-state index contributed by atoms with van der Waals surface area (Å²) < 4.78 is 41.7.